The zero-order chi connectivity index (χ0) is 14.7. The van der Waals surface area contributed by atoms with Crippen LogP contribution in [-0.4, -0.2) is 20.1 Å². The maximum absolute atomic E-state index is 9.33. The van der Waals surface area contributed by atoms with Gasteiger partial charge in [0.15, 0.2) is 0 Å². The molecule has 0 unspecified atom stereocenters. The molecule has 108 valence electrons. The van der Waals surface area contributed by atoms with Gasteiger partial charge < -0.3 is 5.11 Å². The standard InChI is InChI=1S/C16H23N3O/c1-11(2)14-7-5-13(6-8-14)9-19-16(12(3)4)15(10-20)17-18-19/h5-8,11-12,20H,9-10H2,1-4H3. The first kappa shape index (κ1) is 14.7. The molecule has 0 spiro atoms. The van der Waals surface area contributed by atoms with Crippen LogP contribution in [0.15, 0.2) is 24.3 Å². The lowest BCUT2D eigenvalue weighted by Gasteiger charge is -2.11. The van der Waals surface area contributed by atoms with Crippen molar-refractivity contribution in [1.29, 1.82) is 0 Å². The van der Waals surface area contributed by atoms with Crippen molar-refractivity contribution in [2.24, 2.45) is 0 Å². The first-order valence-corrected chi connectivity index (χ1v) is 7.14. The lowest BCUT2D eigenvalue weighted by atomic mass is 10.0. The third-order valence-electron chi connectivity index (χ3n) is 3.52. The third kappa shape index (κ3) is 3.07. The highest BCUT2D eigenvalue weighted by molar-refractivity contribution is 5.25. The second-order valence-corrected chi connectivity index (χ2v) is 5.79. The van der Waals surface area contributed by atoms with Gasteiger partial charge in [0, 0.05) is 0 Å². The zero-order valence-corrected chi connectivity index (χ0v) is 12.7. The topological polar surface area (TPSA) is 50.9 Å². The summed E-state index contributed by atoms with van der Waals surface area (Å²) in [5.41, 5.74) is 4.23. The summed E-state index contributed by atoms with van der Waals surface area (Å²) in [4.78, 5) is 0. The van der Waals surface area contributed by atoms with Gasteiger partial charge in [-0.25, -0.2) is 4.68 Å². The van der Waals surface area contributed by atoms with Gasteiger partial charge in [0.05, 0.1) is 18.8 Å². The second-order valence-electron chi connectivity index (χ2n) is 5.79. The molecule has 0 saturated heterocycles. The van der Waals surface area contributed by atoms with Crippen molar-refractivity contribution in [3.8, 4) is 0 Å². The van der Waals surface area contributed by atoms with Crippen LogP contribution < -0.4 is 0 Å². The van der Waals surface area contributed by atoms with Gasteiger partial charge in [-0.2, -0.15) is 0 Å². The minimum absolute atomic E-state index is 0.0558. The van der Waals surface area contributed by atoms with E-state index in [1.165, 1.54) is 11.1 Å². The van der Waals surface area contributed by atoms with Crippen LogP contribution in [0.4, 0.5) is 0 Å². The number of aliphatic hydroxyl groups excluding tert-OH is 1. The van der Waals surface area contributed by atoms with Gasteiger partial charge in [-0.1, -0.05) is 57.2 Å². The van der Waals surface area contributed by atoms with Crippen molar-refractivity contribution in [1.82, 2.24) is 15.0 Å². The number of rotatable bonds is 5. The van der Waals surface area contributed by atoms with Crippen molar-refractivity contribution < 1.29 is 5.11 Å². The summed E-state index contributed by atoms with van der Waals surface area (Å²) >= 11 is 0. The average molecular weight is 273 g/mol. The maximum Gasteiger partial charge on any atom is 0.112 e. The van der Waals surface area contributed by atoms with E-state index in [0.29, 0.717) is 24.1 Å². The molecule has 0 aliphatic rings. The van der Waals surface area contributed by atoms with Crippen LogP contribution in [0, 0.1) is 0 Å². The predicted molar refractivity (Wildman–Crippen MR) is 79.7 cm³/mol. The molecular weight excluding hydrogens is 250 g/mol. The fourth-order valence-electron chi connectivity index (χ4n) is 2.40. The molecule has 0 radical (unpaired) electrons. The largest absolute Gasteiger partial charge is 0.390 e. The molecular formula is C16H23N3O. The molecule has 0 aliphatic carbocycles. The maximum atomic E-state index is 9.33. The highest BCUT2D eigenvalue weighted by Crippen LogP contribution is 2.20. The van der Waals surface area contributed by atoms with Crippen molar-refractivity contribution in [2.45, 2.75) is 52.7 Å². The number of nitrogens with zero attached hydrogens (tertiary/aromatic N) is 3. The van der Waals surface area contributed by atoms with Crippen LogP contribution in [0.25, 0.3) is 0 Å². The number of hydrogen-bond acceptors (Lipinski definition) is 3. The molecule has 0 saturated carbocycles. The van der Waals surface area contributed by atoms with Gasteiger partial charge in [0.25, 0.3) is 0 Å². The zero-order valence-electron chi connectivity index (χ0n) is 12.7. The van der Waals surface area contributed by atoms with Gasteiger partial charge in [-0.3, -0.25) is 0 Å². The molecule has 2 rings (SSSR count). The number of aromatic nitrogens is 3. The van der Waals surface area contributed by atoms with E-state index in [1.807, 2.05) is 4.68 Å². The molecule has 1 aromatic heterocycles. The summed E-state index contributed by atoms with van der Waals surface area (Å²) in [6.45, 7) is 9.21. The fraction of sp³-hybridized carbons (Fsp3) is 0.500. The number of hydrogen-bond donors (Lipinski definition) is 1. The van der Waals surface area contributed by atoms with E-state index in [-0.39, 0.29) is 6.61 Å². The summed E-state index contributed by atoms with van der Waals surface area (Å²) < 4.78 is 1.89. The van der Waals surface area contributed by atoms with Crippen molar-refractivity contribution >= 4 is 0 Å². The minimum atomic E-state index is -0.0558. The van der Waals surface area contributed by atoms with Gasteiger partial charge in [-0.15, -0.1) is 5.10 Å². The lowest BCUT2D eigenvalue weighted by Crippen LogP contribution is -2.09. The van der Waals surface area contributed by atoms with Crippen LogP contribution in [0.2, 0.25) is 0 Å². The Morgan fingerprint density at radius 1 is 1.05 bits per heavy atom. The monoisotopic (exact) mass is 273 g/mol. The van der Waals surface area contributed by atoms with E-state index >= 15 is 0 Å². The Bertz CT molecular complexity index is 556. The summed E-state index contributed by atoms with van der Waals surface area (Å²) in [5.74, 6) is 0.838. The average Bonchev–Trinajstić information content (AvgIpc) is 2.82. The molecule has 4 heteroatoms. The SMILES string of the molecule is CC(C)c1ccc(Cn2nnc(CO)c2C(C)C)cc1. The van der Waals surface area contributed by atoms with E-state index in [1.54, 1.807) is 0 Å². The molecule has 20 heavy (non-hydrogen) atoms. The van der Waals surface area contributed by atoms with Crippen molar-refractivity contribution in [3.05, 3.63) is 46.8 Å². The molecule has 1 N–H and O–H groups in total. The number of benzene rings is 1. The lowest BCUT2D eigenvalue weighted by molar-refractivity contribution is 0.275. The summed E-state index contributed by atoms with van der Waals surface area (Å²) in [5, 5.41) is 17.6. The van der Waals surface area contributed by atoms with Crippen molar-refractivity contribution in [2.75, 3.05) is 0 Å². The van der Waals surface area contributed by atoms with Crippen LogP contribution >= 0.6 is 0 Å². The summed E-state index contributed by atoms with van der Waals surface area (Å²) in [6.07, 6.45) is 0. The Hall–Kier alpha value is -1.68. The van der Waals surface area contributed by atoms with E-state index in [9.17, 15) is 5.11 Å². The quantitative estimate of drug-likeness (QED) is 0.911. The molecule has 1 heterocycles. The smallest absolute Gasteiger partial charge is 0.112 e. The van der Waals surface area contributed by atoms with Gasteiger partial charge in [-0.05, 0) is 23.0 Å². The Balaban J connectivity index is 2.23. The van der Waals surface area contributed by atoms with Crippen LogP contribution in [0.3, 0.4) is 0 Å². The summed E-state index contributed by atoms with van der Waals surface area (Å²) in [7, 11) is 0. The van der Waals surface area contributed by atoms with Gasteiger partial charge in [0.2, 0.25) is 0 Å². The second kappa shape index (κ2) is 6.18. The first-order valence-electron chi connectivity index (χ1n) is 7.14. The fourth-order valence-corrected chi connectivity index (χ4v) is 2.40. The van der Waals surface area contributed by atoms with E-state index in [2.05, 4.69) is 62.3 Å². The third-order valence-corrected chi connectivity index (χ3v) is 3.52. The Labute approximate surface area is 120 Å². The Kier molecular flexibility index (Phi) is 4.55. The molecule has 0 fully saturated rings. The molecule has 4 nitrogen and oxygen atoms in total. The molecule has 0 aliphatic heterocycles. The normalized spacial score (nSPS) is 11.6. The van der Waals surface area contributed by atoms with Gasteiger partial charge in [0.1, 0.15) is 5.69 Å². The highest BCUT2D eigenvalue weighted by atomic mass is 16.3. The highest BCUT2D eigenvalue weighted by Gasteiger charge is 2.15. The molecule has 0 amide bonds. The first-order chi connectivity index (χ1) is 9.52. The Morgan fingerprint density at radius 3 is 2.20 bits per heavy atom. The predicted octanol–water partition coefficient (Wildman–Crippen LogP) is 3.07. The van der Waals surface area contributed by atoms with E-state index < -0.39 is 0 Å². The minimum Gasteiger partial charge on any atom is -0.390 e. The van der Waals surface area contributed by atoms with Crippen LogP contribution in [-0.2, 0) is 13.2 Å². The van der Waals surface area contributed by atoms with E-state index in [4.69, 9.17) is 0 Å². The van der Waals surface area contributed by atoms with Crippen LogP contribution in [0.5, 0.6) is 0 Å². The molecule has 0 bridgehead atoms. The summed E-state index contributed by atoms with van der Waals surface area (Å²) in [6, 6.07) is 8.61. The van der Waals surface area contributed by atoms with Crippen molar-refractivity contribution in [3.63, 3.8) is 0 Å². The Morgan fingerprint density at radius 2 is 1.70 bits per heavy atom. The van der Waals surface area contributed by atoms with E-state index in [0.717, 1.165) is 5.69 Å². The molecule has 1 aromatic carbocycles. The number of aliphatic hydroxyl groups is 1. The molecule has 0 atom stereocenters. The van der Waals surface area contributed by atoms with Gasteiger partial charge >= 0.3 is 0 Å². The molecule has 2 aromatic rings. The van der Waals surface area contributed by atoms with Crippen LogP contribution in [0.1, 0.15) is 62.0 Å².